The number of carbonyl (C=O) groups is 2. The fourth-order valence-electron chi connectivity index (χ4n) is 2.16. The second-order valence-corrected chi connectivity index (χ2v) is 5.42. The third kappa shape index (κ3) is 3.36. The maximum absolute atomic E-state index is 11.6. The molecule has 1 unspecified atom stereocenters. The van der Waals surface area contributed by atoms with Crippen molar-refractivity contribution in [2.24, 2.45) is 0 Å². The van der Waals surface area contributed by atoms with E-state index < -0.39 is 0 Å². The molecule has 1 aliphatic rings. The Morgan fingerprint density at radius 3 is 2.55 bits per heavy atom. The molecule has 0 spiro atoms. The highest BCUT2D eigenvalue weighted by atomic mass is 16.2. The Labute approximate surface area is 119 Å². The van der Waals surface area contributed by atoms with Crippen LogP contribution in [-0.4, -0.2) is 30.4 Å². The molecule has 5 nitrogen and oxygen atoms in total. The number of hydrogen-bond acceptors (Lipinski definition) is 4. The molecule has 2 N–H and O–H groups in total. The van der Waals surface area contributed by atoms with Crippen LogP contribution in [0.5, 0.6) is 0 Å². The molecule has 1 atom stereocenters. The molecule has 2 amide bonds. The normalized spacial score (nSPS) is 19.4. The smallest absolute Gasteiger partial charge is 0.249 e. The van der Waals surface area contributed by atoms with Gasteiger partial charge in [0.05, 0.1) is 6.54 Å². The molecule has 1 aliphatic heterocycles. The van der Waals surface area contributed by atoms with E-state index in [-0.39, 0.29) is 24.4 Å². The summed E-state index contributed by atoms with van der Waals surface area (Å²) in [5.74, 6) is -0.495. The molecule has 1 fully saturated rings. The molecule has 1 aromatic carbocycles. The van der Waals surface area contributed by atoms with Crippen LogP contribution in [0.3, 0.4) is 0 Å². The predicted octanol–water partition coefficient (Wildman–Crippen LogP) is 1.04. The fraction of sp³-hybridized carbons (Fsp3) is 0.467. The molecule has 1 heterocycles. The van der Waals surface area contributed by atoms with Crippen molar-refractivity contribution in [3.8, 4) is 0 Å². The lowest BCUT2D eigenvalue weighted by Crippen LogP contribution is -2.57. The number of piperazine rings is 1. The Morgan fingerprint density at radius 1 is 1.30 bits per heavy atom. The molecule has 1 aromatic rings. The van der Waals surface area contributed by atoms with Gasteiger partial charge in [0, 0.05) is 18.3 Å². The van der Waals surface area contributed by atoms with Crippen LogP contribution in [0.4, 0.5) is 5.69 Å². The molecule has 0 saturated carbocycles. The second-order valence-electron chi connectivity index (χ2n) is 5.42. The van der Waals surface area contributed by atoms with Gasteiger partial charge in [-0.05, 0) is 24.6 Å². The Morgan fingerprint density at radius 2 is 1.95 bits per heavy atom. The van der Waals surface area contributed by atoms with Crippen LogP contribution in [0.2, 0.25) is 0 Å². The van der Waals surface area contributed by atoms with Crippen molar-refractivity contribution in [3.63, 3.8) is 0 Å². The lowest BCUT2D eigenvalue weighted by atomic mass is 10.1. The van der Waals surface area contributed by atoms with E-state index in [1.165, 1.54) is 5.56 Å². The molecule has 108 valence electrons. The second kappa shape index (κ2) is 6.05. The van der Waals surface area contributed by atoms with E-state index in [9.17, 15) is 9.59 Å². The maximum Gasteiger partial charge on any atom is 0.249 e. The molecule has 0 aliphatic carbocycles. The third-order valence-electron chi connectivity index (χ3n) is 3.41. The van der Waals surface area contributed by atoms with Gasteiger partial charge < -0.3 is 10.2 Å². The predicted molar refractivity (Wildman–Crippen MR) is 78.4 cm³/mol. The van der Waals surface area contributed by atoms with Gasteiger partial charge >= 0.3 is 0 Å². The molecule has 0 aromatic heterocycles. The van der Waals surface area contributed by atoms with Gasteiger partial charge in [-0.2, -0.15) is 0 Å². The van der Waals surface area contributed by atoms with Gasteiger partial charge in [0.15, 0.2) is 0 Å². The number of amides is 2. The van der Waals surface area contributed by atoms with Crippen molar-refractivity contribution >= 4 is 17.5 Å². The number of nitrogens with zero attached hydrogens (tertiary/aromatic N) is 1. The Bertz CT molecular complexity index is 496. The van der Waals surface area contributed by atoms with E-state index >= 15 is 0 Å². The lowest BCUT2D eigenvalue weighted by Gasteiger charge is -2.33. The summed E-state index contributed by atoms with van der Waals surface area (Å²) < 4.78 is 0. The van der Waals surface area contributed by atoms with E-state index in [0.29, 0.717) is 6.04 Å². The number of nitrogens with one attached hydrogen (secondary N) is 2. The summed E-state index contributed by atoms with van der Waals surface area (Å²) >= 11 is 0. The van der Waals surface area contributed by atoms with Crippen molar-refractivity contribution in [1.29, 1.82) is 0 Å². The largest absolute Gasteiger partial charge is 0.350 e. The highest BCUT2D eigenvalue weighted by molar-refractivity contribution is 6.04. The van der Waals surface area contributed by atoms with E-state index in [1.54, 1.807) is 6.92 Å². The van der Waals surface area contributed by atoms with Crippen molar-refractivity contribution in [2.75, 3.05) is 11.4 Å². The van der Waals surface area contributed by atoms with Crippen LogP contribution in [0.15, 0.2) is 24.3 Å². The Kier molecular flexibility index (Phi) is 4.39. The van der Waals surface area contributed by atoms with Gasteiger partial charge in [-0.1, -0.05) is 26.0 Å². The third-order valence-corrected chi connectivity index (χ3v) is 3.41. The summed E-state index contributed by atoms with van der Waals surface area (Å²) in [5, 5.41) is 5.70. The fourth-order valence-corrected chi connectivity index (χ4v) is 2.16. The summed E-state index contributed by atoms with van der Waals surface area (Å²) in [7, 11) is 0. The maximum atomic E-state index is 11.6. The van der Waals surface area contributed by atoms with Crippen LogP contribution in [0.25, 0.3) is 0 Å². The van der Waals surface area contributed by atoms with Crippen molar-refractivity contribution in [3.05, 3.63) is 29.8 Å². The average molecular weight is 275 g/mol. The zero-order valence-electron chi connectivity index (χ0n) is 12.1. The number of imide groups is 1. The van der Waals surface area contributed by atoms with Crippen molar-refractivity contribution < 1.29 is 9.59 Å². The molecule has 2 rings (SSSR count). The van der Waals surface area contributed by atoms with Gasteiger partial charge in [-0.25, -0.2) is 0 Å². The number of anilines is 1. The average Bonchev–Trinajstić information content (AvgIpc) is 2.41. The lowest BCUT2D eigenvalue weighted by molar-refractivity contribution is -0.132. The van der Waals surface area contributed by atoms with Crippen molar-refractivity contribution in [2.45, 2.75) is 39.4 Å². The number of rotatable bonds is 4. The minimum absolute atomic E-state index is 0.219. The number of carbonyl (C=O) groups excluding carboxylic acids is 2. The first kappa shape index (κ1) is 14.5. The zero-order valence-corrected chi connectivity index (χ0v) is 12.1. The zero-order chi connectivity index (χ0) is 14.7. The van der Waals surface area contributed by atoms with E-state index in [2.05, 4.69) is 24.5 Å². The molecule has 1 saturated heterocycles. The topological polar surface area (TPSA) is 61.4 Å². The molecule has 5 heteroatoms. The van der Waals surface area contributed by atoms with Gasteiger partial charge in [0.25, 0.3) is 0 Å². The summed E-state index contributed by atoms with van der Waals surface area (Å²) in [6.07, 6.45) is 0. The van der Waals surface area contributed by atoms with Crippen LogP contribution in [0, 0.1) is 0 Å². The van der Waals surface area contributed by atoms with E-state index in [4.69, 9.17) is 0 Å². The van der Waals surface area contributed by atoms with Crippen LogP contribution in [0.1, 0.15) is 26.3 Å². The number of benzene rings is 1. The molecule has 0 bridgehead atoms. The quantitative estimate of drug-likeness (QED) is 0.806. The minimum atomic E-state index is -0.327. The van der Waals surface area contributed by atoms with E-state index in [0.717, 1.165) is 12.2 Å². The van der Waals surface area contributed by atoms with Gasteiger partial charge in [0.1, 0.15) is 6.04 Å². The highest BCUT2D eigenvalue weighted by Crippen LogP contribution is 2.19. The molecule has 0 radical (unpaired) electrons. The summed E-state index contributed by atoms with van der Waals surface area (Å²) in [4.78, 5) is 24.9. The monoisotopic (exact) mass is 275 g/mol. The van der Waals surface area contributed by atoms with E-state index in [1.807, 2.05) is 29.2 Å². The molecular formula is C15H21N3O2. The Hall–Kier alpha value is -1.88. The van der Waals surface area contributed by atoms with Crippen LogP contribution in [-0.2, 0) is 16.1 Å². The molecular weight excluding hydrogens is 254 g/mol. The van der Waals surface area contributed by atoms with Gasteiger partial charge in [-0.3, -0.25) is 14.9 Å². The summed E-state index contributed by atoms with van der Waals surface area (Å²) in [6, 6.07) is 8.08. The summed E-state index contributed by atoms with van der Waals surface area (Å²) in [5.41, 5.74) is 2.08. The SMILES string of the molecule is CC(C)NCc1ccc(N2CC(=O)NC(=O)C2C)cc1. The van der Waals surface area contributed by atoms with Gasteiger partial charge in [0.2, 0.25) is 11.8 Å². The molecule has 20 heavy (non-hydrogen) atoms. The van der Waals surface area contributed by atoms with Gasteiger partial charge in [-0.15, -0.1) is 0 Å². The standard InChI is InChI=1S/C15H21N3O2/c1-10(2)16-8-12-4-6-13(7-5-12)18-9-14(19)17-15(20)11(18)3/h4-7,10-11,16H,8-9H2,1-3H3,(H,17,19,20). The highest BCUT2D eigenvalue weighted by Gasteiger charge is 2.30. The number of hydrogen-bond donors (Lipinski definition) is 2. The summed E-state index contributed by atoms with van der Waals surface area (Å²) in [6.45, 7) is 7.04. The van der Waals surface area contributed by atoms with Crippen molar-refractivity contribution in [1.82, 2.24) is 10.6 Å². The van der Waals surface area contributed by atoms with Crippen LogP contribution >= 0.6 is 0 Å². The first-order chi connectivity index (χ1) is 9.47. The first-order valence-electron chi connectivity index (χ1n) is 6.90. The first-order valence-corrected chi connectivity index (χ1v) is 6.90. The van der Waals surface area contributed by atoms with Crippen LogP contribution < -0.4 is 15.5 Å². The Balaban J connectivity index is 2.08. The minimum Gasteiger partial charge on any atom is -0.350 e.